The number of aryl methyl sites for hydroxylation is 1. The molecule has 4 heterocycles. The summed E-state index contributed by atoms with van der Waals surface area (Å²) in [5, 5.41) is 11.5. The first kappa shape index (κ1) is 17.3. The van der Waals surface area contributed by atoms with E-state index in [4.69, 9.17) is 4.98 Å². The van der Waals surface area contributed by atoms with Crippen LogP contribution in [0.1, 0.15) is 32.4 Å². The summed E-state index contributed by atoms with van der Waals surface area (Å²) >= 11 is 0. The summed E-state index contributed by atoms with van der Waals surface area (Å²) in [6.45, 7) is 8.28. The maximum absolute atomic E-state index is 4.75. The zero-order valence-corrected chi connectivity index (χ0v) is 16.5. The van der Waals surface area contributed by atoms with E-state index in [1.165, 1.54) is 12.8 Å². The van der Waals surface area contributed by atoms with Crippen molar-refractivity contribution in [3.8, 4) is 11.3 Å². The van der Waals surface area contributed by atoms with E-state index < -0.39 is 0 Å². The molecule has 1 spiro atoms. The number of anilines is 1. The van der Waals surface area contributed by atoms with Gasteiger partial charge in [-0.25, -0.2) is 9.50 Å². The van der Waals surface area contributed by atoms with Crippen molar-refractivity contribution in [2.45, 2.75) is 39.7 Å². The van der Waals surface area contributed by atoms with Crippen molar-refractivity contribution in [3.05, 3.63) is 36.3 Å². The molecule has 0 radical (unpaired) electrons. The Kier molecular flexibility index (Phi) is 3.94. The Balaban J connectivity index is 1.38. The van der Waals surface area contributed by atoms with Gasteiger partial charge in [0.2, 0.25) is 5.95 Å². The first-order chi connectivity index (χ1) is 13.5. The fourth-order valence-electron chi connectivity index (χ4n) is 4.28. The second-order valence-corrected chi connectivity index (χ2v) is 8.35. The lowest BCUT2D eigenvalue weighted by molar-refractivity contribution is 0.0467. The van der Waals surface area contributed by atoms with E-state index in [0.29, 0.717) is 17.4 Å². The molecule has 3 aromatic heterocycles. The number of hydrogen-bond acceptors (Lipinski definition) is 6. The van der Waals surface area contributed by atoms with Gasteiger partial charge in [0.1, 0.15) is 0 Å². The van der Waals surface area contributed by atoms with Crippen LogP contribution in [0.3, 0.4) is 0 Å². The topological polar surface area (TPSA) is 79.5 Å². The standard InChI is InChI=1S/C21H25N7/c1-13(2)24-17-4-5-18(25-14(17)3)16-6-7-28-19(16)10-23-20(27-28)26-15-8-21(9-15)11-22-12-21/h4-7,10,15,22H,8-9,11-12H2,1-3H3,(H,26,27). The molecule has 0 bridgehead atoms. The molecular weight excluding hydrogens is 350 g/mol. The van der Waals surface area contributed by atoms with Gasteiger partial charge in [-0.2, -0.15) is 0 Å². The number of fused-ring (bicyclic) bond motifs is 1. The molecule has 7 nitrogen and oxygen atoms in total. The fourth-order valence-corrected chi connectivity index (χ4v) is 4.28. The highest BCUT2D eigenvalue weighted by Gasteiger charge is 2.48. The van der Waals surface area contributed by atoms with Crippen molar-refractivity contribution < 1.29 is 0 Å². The Labute approximate surface area is 164 Å². The maximum atomic E-state index is 4.75. The Morgan fingerprint density at radius 3 is 2.75 bits per heavy atom. The summed E-state index contributed by atoms with van der Waals surface area (Å²) < 4.78 is 1.88. The summed E-state index contributed by atoms with van der Waals surface area (Å²) in [5.41, 5.74) is 6.28. The lowest BCUT2D eigenvalue weighted by Crippen LogP contribution is -2.63. The van der Waals surface area contributed by atoms with Crippen LogP contribution in [-0.2, 0) is 0 Å². The molecule has 144 valence electrons. The molecule has 2 fully saturated rings. The third-order valence-corrected chi connectivity index (χ3v) is 5.79. The van der Waals surface area contributed by atoms with Crippen molar-refractivity contribution in [2.24, 2.45) is 10.4 Å². The van der Waals surface area contributed by atoms with Crippen LogP contribution in [0, 0.1) is 12.3 Å². The van der Waals surface area contributed by atoms with Gasteiger partial charge >= 0.3 is 0 Å². The molecule has 0 aromatic carbocycles. The smallest absolute Gasteiger partial charge is 0.241 e. The van der Waals surface area contributed by atoms with Crippen LogP contribution in [0.4, 0.5) is 11.6 Å². The van der Waals surface area contributed by atoms with Crippen molar-refractivity contribution in [1.82, 2.24) is 24.9 Å². The summed E-state index contributed by atoms with van der Waals surface area (Å²) in [5.74, 6) is 0.689. The van der Waals surface area contributed by atoms with Crippen LogP contribution >= 0.6 is 0 Å². The van der Waals surface area contributed by atoms with Gasteiger partial charge in [0.25, 0.3) is 0 Å². The van der Waals surface area contributed by atoms with Gasteiger partial charge in [0, 0.05) is 36.6 Å². The SMILES string of the molecule is CC(C)=Nc1ccc(-c2ccn3nc(NC4CC5(CNC5)C4)ncc23)nc1C. The van der Waals surface area contributed by atoms with Gasteiger partial charge < -0.3 is 10.6 Å². The largest absolute Gasteiger partial charge is 0.350 e. The summed E-state index contributed by atoms with van der Waals surface area (Å²) in [6, 6.07) is 6.56. The van der Waals surface area contributed by atoms with Gasteiger partial charge in [0.15, 0.2) is 0 Å². The van der Waals surface area contributed by atoms with Crippen LogP contribution in [0.5, 0.6) is 0 Å². The van der Waals surface area contributed by atoms with E-state index in [2.05, 4.69) is 25.7 Å². The molecular formula is C21H25N7. The van der Waals surface area contributed by atoms with Crippen LogP contribution in [0.25, 0.3) is 16.8 Å². The van der Waals surface area contributed by atoms with Crippen molar-refractivity contribution in [3.63, 3.8) is 0 Å². The average Bonchev–Trinajstić information content (AvgIpc) is 3.00. The van der Waals surface area contributed by atoms with Gasteiger partial charge in [-0.15, -0.1) is 5.10 Å². The fraction of sp³-hybridized carbons (Fsp3) is 0.429. The van der Waals surface area contributed by atoms with E-state index in [9.17, 15) is 0 Å². The highest BCUT2D eigenvalue weighted by molar-refractivity contribution is 5.83. The third-order valence-electron chi connectivity index (χ3n) is 5.79. The highest BCUT2D eigenvalue weighted by atomic mass is 15.3. The van der Waals surface area contributed by atoms with Crippen LogP contribution in [0.2, 0.25) is 0 Å². The van der Waals surface area contributed by atoms with Gasteiger partial charge in [-0.3, -0.25) is 9.98 Å². The minimum Gasteiger partial charge on any atom is -0.350 e. The minimum atomic E-state index is 0.481. The molecule has 1 aliphatic heterocycles. The molecule has 2 N–H and O–H groups in total. The summed E-state index contributed by atoms with van der Waals surface area (Å²) in [7, 11) is 0. The van der Waals surface area contributed by atoms with E-state index in [1.54, 1.807) is 0 Å². The van der Waals surface area contributed by atoms with Gasteiger partial charge in [-0.1, -0.05) is 0 Å². The van der Waals surface area contributed by atoms with Gasteiger partial charge in [0.05, 0.1) is 28.8 Å². The normalized spacial score (nSPS) is 18.0. The molecule has 3 aromatic rings. The number of nitrogens with one attached hydrogen (secondary N) is 2. The predicted octanol–water partition coefficient (Wildman–Crippen LogP) is 3.38. The Morgan fingerprint density at radius 2 is 2.07 bits per heavy atom. The average molecular weight is 375 g/mol. The molecule has 0 unspecified atom stereocenters. The van der Waals surface area contributed by atoms with E-state index in [-0.39, 0.29) is 0 Å². The Bertz CT molecular complexity index is 1070. The zero-order chi connectivity index (χ0) is 19.3. The second-order valence-electron chi connectivity index (χ2n) is 8.35. The molecule has 1 aliphatic carbocycles. The van der Waals surface area contributed by atoms with E-state index in [1.807, 2.05) is 55.9 Å². The quantitative estimate of drug-likeness (QED) is 0.684. The monoisotopic (exact) mass is 375 g/mol. The van der Waals surface area contributed by atoms with E-state index >= 15 is 0 Å². The Morgan fingerprint density at radius 1 is 1.25 bits per heavy atom. The molecule has 1 saturated carbocycles. The van der Waals surface area contributed by atoms with Crippen LogP contribution in [0.15, 0.2) is 35.6 Å². The minimum absolute atomic E-state index is 0.481. The van der Waals surface area contributed by atoms with Crippen LogP contribution in [-0.4, -0.2) is 44.4 Å². The van der Waals surface area contributed by atoms with Crippen LogP contribution < -0.4 is 10.6 Å². The van der Waals surface area contributed by atoms with Crippen molar-refractivity contribution in [1.29, 1.82) is 0 Å². The number of hydrogen-bond donors (Lipinski definition) is 2. The number of aromatic nitrogens is 4. The molecule has 7 heteroatoms. The summed E-state index contributed by atoms with van der Waals surface area (Å²) in [4.78, 5) is 13.8. The number of pyridine rings is 1. The lowest BCUT2D eigenvalue weighted by Gasteiger charge is -2.54. The Hall–Kier alpha value is -2.80. The van der Waals surface area contributed by atoms with Gasteiger partial charge in [-0.05, 0) is 57.2 Å². The first-order valence-corrected chi connectivity index (χ1v) is 9.83. The number of aliphatic imine (C=N–C) groups is 1. The molecule has 5 rings (SSSR count). The predicted molar refractivity (Wildman–Crippen MR) is 111 cm³/mol. The second kappa shape index (κ2) is 6.38. The number of rotatable bonds is 4. The van der Waals surface area contributed by atoms with E-state index in [0.717, 1.165) is 47.0 Å². The zero-order valence-electron chi connectivity index (χ0n) is 16.5. The first-order valence-electron chi connectivity index (χ1n) is 9.83. The molecule has 1 saturated heterocycles. The highest BCUT2D eigenvalue weighted by Crippen LogP contribution is 2.45. The number of nitrogens with zero attached hydrogens (tertiary/aromatic N) is 5. The third kappa shape index (κ3) is 2.96. The molecule has 2 aliphatic rings. The van der Waals surface area contributed by atoms with Crippen molar-refractivity contribution >= 4 is 22.9 Å². The molecule has 28 heavy (non-hydrogen) atoms. The summed E-state index contributed by atoms with van der Waals surface area (Å²) in [6.07, 6.45) is 6.25. The van der Waals surface area contributed by atoms with Crippen molar-refractivity contribution in [2.75, 3.05) is 18.4 Å². The molecule has 0 atom stereocenters. The lowest BCUT2D eigenvalue weighted by atomic mass is 9.62. The molecule has 0 amide bonds. The maximum Gasteiger partial charge on any atom is 0.241 e.